The first kappa shape index (κ1) is 20.6. The SMILES string of the molecule is CN1CCc2cc(O)c(NC(=O)C(C)(C)NC(=O)c3ccc(Cl)s3)cc2CC1. The third-order valence-corrected chi connectivity index (χ3v) is 6.11. The number of amides is 2. The van der Waals surface area contributed by atoms with Crippen molar-refractivity contribution in [1.29, 1.82) is 0 Å². The molecule has 3 N–H and O–H groups in total. The van der Waals surface area contributed by atoms with Gasteiger partial charge in [-0.1, -0.05) is 11.6 Å². The van der Waals surface area contributed by atoms with Crippen LogP contribution in [0.25, 0.3) is 0 Å². The maximum atomic E-state index is 12.8. The summed E-state index contributed by atoms with van der Waals surface area (Å²) in [6.45, 7) is 5.09. The highest BCUT2D eigenvalue weighted by Crippen LogP contribution is 2.30. The standard InChI is InChI=1S/C20H24ClN3O3S/c1-20(2,23-18(26)16-4-5-17(21)28-16)19(27)22-14-10-12-6-8-24(3)9-7-13(12)11-15(14)25/h4-5,10-11,25H,6-9H2,1-3H3,(H,22,27)(H,23,26). The highest BCUT2D eigenvalue weighted by Gasteiger charge is 2.31. The van der Waals surface area contributed by atoms with E-state index in [1.807, 2.05) is 6.07 Å². The molecule has 1 aromatic carbocycles. The first-order chi connectivity index (χ1) is 13.2. The maximum absolute atomic E-state index is 12.8. The van der Waals surface area contributed by atoms with Crippen LogP contribution in [-0.2, 0) is 17.6 Å². The lowest BCUT2D eigenvalue weighted by Crippen LogP contribution is -2.52. The summed E-state index contributed by atoms with van der Waals surface area (Å²) in [7, 11) is 2.07. The molecule has 0 atom stereocenters. The average molecular weight is 422 g/mol. The Morgan fingerprint density at radius 3 is 2.43 bits per heavy atom. The molecule has 6 nitrogen and oxygen atoms in total. The van der Waals surface area contributed by atoms with Gasteiger partial charge >= 0.3 is 0 Å². The molecule has 0 aliphatic carbocycles. The Labute approximate surface area is 173 Å². The van der Waals surface area contributed by atoms with Crippen molar-refractivity contribution in [1.82, 2.24) is 10.2 Å². The van der Waals surface area contributed by atoms with Gasteiger partial charge in [-0.25, -0.2) is 0 Å². The molecule has 2 aromatic rings. The highest BCUT2D eigenvalue weighted by molar-refractivity contribution is 7.18. The number of aromatic hydroxyl groups is 1. The van der Waals surface area contributed by atoms with Gasteiger partial charge in [0.05, 0.1) is 14.9 Å². The molecule has 28 heavy (non-hydrogen) atoms. The van der Waals surface area contributed by atoms with E-state index in [0.717, 1.165) is 48.4 Å². The fraction of sp³-hybridized carbons (Fsp3) is 0.400. The number of carbonyl (C=O) groups excluding carboxylic acids is 2. The molecule has 1 aromatic heterocycles. The summed E-state index contributed by atoms with van der Waals surface area (Å²) < 4.78 is 0.507. The fourth-order valence-corrected chi connectivity index (χ4v) is 4.03. The Kier molecular flexibility index (Phi) is 5.98. The molecule has 0 saturated heterocycles. The van der Waals surface area contributed by atoms with Crippen LogP contribution >= 0.6 is 22.9 Å². The molecule has 3 rings (SSSR count). The number of hydrogen-bond donors (Lipinski definition) is 3. The summed E-state index contributed by atoms with van der Waals surface area (Å²) in [5.74, 6) is -0.750. The predicted molar refractivity (Wildman–Crippen MR) is 113 cm³/mol. The highest BCUT2D eigenvalue weighted by atomic mass is 35.5. The lowest BCUT2D eigenvalue weighted by atomic mass is 10.00. The number of hydrogen-bond acceptors (Lipinski definition) is 5. The van der Waals surface area contributed by atoms with E-state index in [0.29, 0.717) is 14.9 Å². The Hall–Kier alpha value is -2.09. The van der Waals surface area contributed by atoms with Crippen molar-refractivity contribution in [2.24, 2.45) is 0 Å². The second-order valence-electron chi connectivity index (χ2n) is 7.58. The van der Waals surface area contributed by atoms with E-state index >= 15 is 0 Å². The van der Waals surface area contributed by atoms with Crippen molar-refractivity contribution in [3.8, 4) is 5.75 Å². The molecule has 0 bridgehead atoms. The summed E-state index contributed by atoms with van der Waals surface area (Å²) in [5, 5.41) is 15.8. The molecule has 0 saturated carbocycles. The van der Waals surface area contributed by atoms with Crippen molar-refractivity contribution in [2.45, 2.75) is 32.2 Å². The predicted octanol–water partition coefficient (Wildman–Crippen LogP) is 3.28. The number of phenols is 1. The summed E-state index contributed by atoms with van der Waals surface area (Å²) in [5.41, 5.74) is 1.40. The van der Waals surface area contributed by atoms with E-state index in [1.54, 1.807) is 32.0 Å². The van der Waals surface area contributed by atoms with E-state index in [1.165, 1.54) is 0 Å². The third-order valence-electron chi connectivity index (χ3n) is 4.88. The zero-order valence-corrected chi connectivity index (χ0v) is 17.7. The molecule has 0 fully saturated rings. The van der Waals surface area contributed by atoms with Gasteiger partial charge in [0, 0.05) is 13.1 Å². The lowest BCUT2D eigenvalue weighted by Gasteiger charge is -2.25. The molecular weight excluding hydrogens is 398 g/mol. The molecule has 1 aliphatic heterocycles. The van der Waals surface area contributed by atoms with E-state index in [4.69, 9.17) is 11.6 Å². The number of nitrogens with zero attached hydrogens (tertiary/aromatic N) is 1. The van der Waals surface area contributed by atoms with Gasteiger partial charge in [-0.05, 0) is 69.1 Å². The number of nitrogens with one attached hydrogen (secondary N) is 2. The minimum Gasteiger partial charge on any atom is -0.506 e. The van der Waals surface area contributed by atoms with Crippen LogP contribution in [0.15, 0.2) is 24.3 Å². The van der Waals surface area contributed by atoms with Crippen LogP contribution in [0.3, 0.4) is 0 Å². The first-order valence-corrected chi connectivity index (χ1v) is 10.3. The van der Waals surface area contributed by atoms with Crippen molar-refractivity contribution in [2.75, 3.05) is 25.5 Å². The summed E-state index contributed by atoms with van der Waals surface area (Å²) in [6, 6.07) is 6.81. The second kappa shape index (κ2) is 8.11. The van der Waals surface area contributed by atoms with Gasteiger partial charge in [0.25, 0.3) is 5.91 Å². The van der Waals surface area contributed by atoms with Crippen LogP contribution in [0.2, 0.25) is 4.34 Å². The van der Waals surface area contributed by atoms with Crippen LogP contribution in [0.1, 0.15) is 34.6 Å². The third kappa shape index (κ3) is 4.66. The van der Waals surface area contributed by atoms with E-state index < -0.39 is 11.4 Å². The lowest BCUT2D eigenvalue weighted by molar-refractivity contribution is -0.121. The van der Waals surface area contributed by atoms with Gasteiger partial charge in [-0.2, -0.15) is 0 Å². The molecule has 150 valence electrons. The average Bonchev–Trinajstić information content (AvgIpc) is 2.98. The minimum absolute atomic E-state index is 0.0313. The molecule has 2 amide bonds. The first-order valence-electron chi connectivity index (χ1n) is 9.08. The van der Waals surface area contributed by atoms with E-state index in [9.17, 15) is 14.7 Å². The summed E-state index contributed by atoms with van der Waals surface area (Å²) >= 11 is 7.02. The van der Waals surface area contributed by atoms with E-state index in [2.05, 4.69) is 22.6 Å². The normalized spacial score (nSPS) is 14.9. The zero-order valence-electron chi connectivity index (χ0n) is 16.1. The van der Waals surface area contributed by atoms with Crippen molar-refractivity contribution in [3.63, 3.8) is 0 Å². The summed E-state index contributed by atoms with van der Waals surface area (Å²) in [4.78, 5) is 27.8. The monoisotopic (exact) mass is 421 g/mol. The number of halogens is 1. The van der Waals surface area contributed by atoms with Crippen LogP contribution < -0.4 is 10.6 Å². The topological polar surface area (TPSA) is 81.7 Å². The van der Waals surface area contributed by atoms with Gasteiger partial charge < -0.3 is 20.6 Å². The number of rotatable bonds is 4. The number of likely N-dealkylation sites (N-methyl/N-ethyl adjacent to an activating group) is 1. The second-order valence-corrected chi connectivity index (χ2v) is 9.29. The summed E-state index contributed by atoms with van der Waals surface area (Å²) in [6.07, 6.45) is 1.72. The fourth-order valence-electron chi connectivity index (χ4n) is 3.09. The van der Waals surface area contributed by atoms with Gasteiger partial charge in [-0.3, -0.25) is 9.59 Å². The number of anilines is 1. The van der Waals surface area contributed by atoms with Crippen molar-refractivity contribution >= 4 is 40.4 Å². The Bertz CT molecular complexity index is 910. The van der Waals surface area contributed by atoms with E-state index in [-0.39, 0.29) is 11.7 Å². The molecule has 0 unspecified atom stereocenters. The van der Waals surface area contributed by atoms with Crippen LogP contribution in [-0.4, -0.2) is 47.5 Å². The maximum Gasteiger partial charge on any atom is 0.262 e. The van der Waals surface area contributed by atoms with Gasteiger partial charge in [0.15, 0.2) is 0 Å². The van der Waals surface area contributed by atoms with Gasteiger partial charge in [0.1, 0.15) is 11.3 Å². The molecule has 0 spiro atoms. The largest absolute Gasteiger partial charge is 0.506 e. The Morgan fingerprint density at radius 2 is 1.82 bits per heavy atom. The minimum atomic E-state index is -1.17. The van der Waals surface area contributed by atoms with Crippen molar-refractivity contribution < 1.29 is 14.7 Å². The molecule has 2 heterocycles. The quantitative estimate of drug-likeness (QED) is 0.661. The van der Waals surface area contributed by atoms with Crippen LogP contribution in [0, 0.1) is 0 Å². The molecule has 1 aliphatic rings. The zero-order chi connectivity index (χ0) is 20.5. The molecule has 0 radical (unpaired) electrons. The van der Waals surface area contributed by atoms with Gasteiger partial charge in [0.2, 0.25) is 5.91 Å². The van der Waals surface area contributed by atoms with Crippen molar-refractivity contribution in [3.05, 3.63) is 44.6 Å². The van der Waals surface area contributed by atoms with Gasteiger partial charge in [-0.15, -0.1) is 11.3 Å². The number of benzene rings is 1. The smallest absolute Gasteiger partial charge is 0.262 e. The number of carbonyl (C=O) groups is 2. The van der Waals surface area contributed by atoms with Crippen LogP contribution in [0.5, 0.6) is 5.75 Å². The number of fused-ring (bicyclic) bond motifs is 1. The van der Waals surface area contributed by atoms with Crippen LogP contribution in [0.4, 0.5) is 5.69 Å². The Balaban J connectivity index is 1.73. The Morgan fingerprint density at radius 1 is 1.18 bits per heavy atom. The molecule has 8 heteroatoms. The number of thiophene rings is 1. The molecular formula is C20H24ClN3O3S. The number of phenolic OH excluding ortho intramolecular Hbond substituents is 1.